The number of ether oxygens (including phenoxy) is 1. The van der Waals surface area contributed by atoms with Crippen molar-refractivity contribution in [3.05, 3.63) is 53.2 Å². The first-order chi connectivity index (χ1) is 15.3. The summed E-state index contributed by atoms with van der Waals surface area (Å²) in [7, 11) is 1.65. The van der Waals surface area contributed by atoms with Gasteiger partial charge in [0.25, 0.3) is 0 Å². The van der Waals surface area contributed by atoms with Crippen LogP contribution in [0, 0.1) is 6.92 Å². The number of nitrogens with one attached hydrogen (secondary N) is 2. The van der Waals surface area contributed by atoms with Crippen molar-refractivity contribution in [2.24, 2.45) is 4.99 Å². The highest BCUT2D eigenvalue weighted by molar-refractivity contribution is 14.0. The minimum Gasteiger partial charge on any atom is -0.484 e. The fraction of sp³-hybridized carbons (Fsp3) is 0.478. The first-order valence-corrected chi connectivity index (χ1v) is 10.8. The number of hydrogen-bond donors (Lipinski definition) is 2. The number of halogens is 4. The summed E-state index contributed by atoms with van der Waals surface area (Å²) in [6.45, 7) is 3.38. The molecule has 0 aliphatic carbocycles. The van der Waals surface area contributed by atoms with Crippen molar-refractivity contribution in [2.75, 3.05) is 31.6 Å². The molecule has 10 heteroatoms. The first kappa shape index (κ1) is 27.0. The van der Waals surface area contributed by atoms with Gasteiger partial charge in [-0.05, 0) is 55.5 Å². The number of aromatic nitrogens is 1. The Balaban J connectivity index is 0.00000385. The molecule has 3 rings (SSSR count). The monoisotopic (exact) mass is 577 g/mol. The minimum atomic E-state index is -4.39. The first-order valence-electron chi connectivity index (χ1n) is 10.8. The maximum Gasteiger partial charge on any atom is 0.422 e. The number of aliphatic imine (C=N–C) groups is 1. The van der Waals surface area contributed by atoms with Crippen LogP contribution in [0.5, 0.6) is 5.75 Å². The Kier molecular flexibility index (Phi) is 10.5. The van der Waals surface area contributed by atoms with Crippen LogP contribution in [0.3, 0.4) is 0 Å². The summed E-state index contributed by atoms with van der Waals surface area (Å²) in [6.07, 6.45) is 1.07. The van der Waals surface area contributed by atoms with E-state index in [2.05, 4.69) is 31.6 Å². The van der Waals surface area contributed by atoms with Crippen LogP contribution in [0.1, 0.15) is 36.0 Å². The third-order valence-corrected chi connectivity index (χ3v) is 5.23. The van der Waals surface area contributed by atoms with Crippen molar-refractivity contribution >= 4 is 35.8 Å². The number of piperidine rings is 1. The summed E-state index contributed by atoms with van der Waals surface area (Å²) in [5, 5.41) is 6.39. The van der Waals surface area contributed by atoms with Gasteiger partial charge in [-0.25, -0.2) is 4.98 Å². The molecule has 1 aromatic carbocycles. The number of benzene rings is 1. The molecule has 0 saturated carbocycles. The zero-order valence-electron chi connectivity index (χ0n) is 18.9. The summed E-state index contributed by atoms with van der Waals surface area (Å²) >= 11 is 0. The summed E-state index contributed by atoms with van der Waals surface area (Å²) < 4.78 is 42.7. The number of anilines is 1. The third kappa shape index (κ3) is 8.90. The Bertz CT molecular complexity index is 917. The molecule has 0 amide bonds. The van der Waals surface area contributed by atoms with E-state index in [9.17, 15) is 13.2 Å². The SMILES string of the molecule is CN=C(NCc1ccnc(N2CCCCC2)c1)NCc1ccc(C)cc1OCC(F)(F)F.I. The van der Waals surface area contributed by atoms with E-state index < -0.39 is 12.8 Å². The van der Waals surface area contributed by atoms with Gasteiger partial charge < -0.3 is 20.3 Å². The molecule has 0 radical (unpaired) electrons. The molecule has 2 aromatic rings. The molecular weight excluding hydrogens is 546 g/mol. The van der Waals surface area contributed by atoms with Gasteiger partial charge in [-0.1, -0.05) is 12.1 Å². The van der Waals surface area contributed by atoms with Crippen molar-refractivity contribution in [3.8, 4) is 5.75 Å². The van der Waals surface area contributed by atoms with Gasteiger partial charge in [-0.15, -0.1) is 24.0 Å². The van der Waals surface area contributed by atoms with Crippen LogP contribution in [0.25, 0.3) is 0 Å². The molecule has 33 heavy (non-hydrogen) atoms. The smallest absolute Gasteiger partial charge is 0.422 e. The highest BCUT2D eigenvalue weighted by Gasteiger charge is 2.28. The third-order valence-electron chi connectivity index (χ3n) is 5.23. The Morgan fingerprint density at radius 1 is 1.09 bits per heavy atom. The van der Waals surface area contributed by atoms with Crippen LogP contribution in [-0.4, -0.2) is 43.9 Å². The fourth-order valence-corrected chi connectivity index (χ4v) is 3.55. The molecule has 0 spiro atoms. The molecule has 182 valence electrons. The summed E-state index contributed by atoms with van der Waals surface area (Å²) in [5.41, 5.74) is 2.53. The quantitative estimate of drug-likeness (QED) is 0.281. The molecular formula is C23H31F3IN5O. The lowest BCUT2D eigenvalue weighted by Crippen LogP contribution is -2.36. The molecule has 1 saturated heterocycles. The van der Waals surface area contributed by atoms with E-state index in [4.69, 9.17) is 4.74 Å². The van der Waals surface area contributed by atoms with Gasteiger partial charge in [0, 0.05) is 45.0 Å². The molecule has 1 fully saturated rings. The Hall–Kier alpha value is -2.24. The number of guanidine groups is 1. The van der Waals surface area contributed by atoms with Crippen LogP contribution in [0.2, 0.25) is 0 Å². The molecule has 2 N–H and O–H groups in total. The Labute approximate surface area is 210 Å². The van der Waals surface area contributed by atoms with Crippen molar-refractivity contribution in [1.82, 2.24) is 15.6 Å². The average molecular weight is 577 g/mol. The van der Waals surface area contributed by atoms with Gasteiger partial charge >= 0.3 is 6.18 Å². The van der Waals surface area contributed by atoms with Crippen LogP contribution in [-0.2, 0) is 13.1 Å². The number of nitrogens with zero attached hydrogens (tertiary/aromatic N) is 3. The normalized spacial score (nSPS) is 14.5. The van der Waals surface area contributed by atoms with Gasteiger partial charge in [0.05, 0.1) is 0 Å². The van der Waals surface area contributed by atoms with Crippen LogP contribution < -0.4 is 20.3 Å². The largest absolute Gasteiger partial charge is 0.484 e. The van der Waals surface area contributed by atoms with Gasteiger partial charge in [-0.3, -0.25) is 4.99 Å². The molecule has 1 aromatic heterocycles. The predicted octanol–water partition coefficient (Wildman–Crippen LogP) is 4.80. The zero-order valence-corrected chi connectivity index (χ0v) is 21.2. The van der Waals surface area contributed by atoms with Gasteiger partial charge in [0.15, 0.2) is 12.6 Å². The zero-order chi connectivity index (χ0) is 23.0. The highest BCUT2D eigenvalue weighted by Crippen LogP contribution is 2.24. The van der Waals surface area contributed by atoms with E-state index in [1.165, 1.54) is 19.3 Å². The van der Waals surface area contributed by atoms with E-state index in [1.54, 1.807) is 19.2 Å². The number of pyridine rings is 1. The average Bonchev–Trinajstić information content (AvgIpc) is 2.79. The molecule has 0 unspecified atom stereocenters. The topological polar surface area (TPSA) is 61.8 Å². The number of alkyl halides is 3. The lowest BCUT2D eigenvalue weighted by Gasteiger charge is -2.28. The van der Waals surface area contributed by atoms with Gasteiger partial charge in [-0.2, -0.15) is 13.2 Å². The van der Waals surface area contributed by atoms with Crippen LogP contribution in [0.15, 0.2) is 41.5 Å². The number of hydrogen-bond acceptors (Lipinski definition) is 4. The van der Waals surface area contributed by atoms with Crippen molar-refractivity contribution in [2.45, 2.75) is 45.5 Å². The van der Waals surface area contributed by atoms with Crippen molar-refractivity contribution < 1.29 is 17.9 Å². The molecule has 0 atom stereocenters. The second-order valence-corrected chi connectivity index (χ2v) is 7.86. The maximum atomic E-state index is 12.6. The molecule has 2 heterocycles. The van der Waals surface area contributed by atoms with Gasteiger partial charge in [0.2, 0.25) is 0 Å². The number of rotatable bonds is 7. The summed E-state index contributed by atoms with van der Waals surface area (Å²) in [5.74, 6) is 1.74. The summed E-state index contributed by atoms with van der Waals surface area (Å²) in [4.78, 5) is 11.0. The van der Waals surface area contributed by atoms with E-state index in [-0.39, 0.29) is 36.3 Å². The predicted molar refractivity (Wildman–Crippen MR) is 135 cm³/mol. The Morgan fingerprint density at radius 3 is 2.52 bits per heavy atom. The number of aryl methyl sites for hydroxylation is 1. The standard InChI is InChI=1S/C23H30F3N5O.HI/c1-17-6-7-19(20(12-17)32-16-23(24,25)26)15-30-22(27-2)29-14-18-8-9-28-21(13-18)31-10-4-3-5-11-31;/h6-9,12-13H,3-5,10-11,14-16H2,1-2H3,(H2,27,29,30);1H. The van der Waals surface area contributed by atoms with E-state index in [1.807, 2.05) is 25.3 Å². The molecule has 1 aliphatic heterocycles. The van der Waals surface area contributed by atoms with Crippen molar-refractivity contribution in [1.29, 1.82) is 0 Å². The van der Waals surface area contributed by atoms with Gasteiger partial charge in [0.1, 0.15) is 11.6 Å². The fourth-order valence-electron chi connectivity index (χ4n) is 3.55. The molecule has 0 bridgehead atoms. The van der Waals surface area contributed by atoms with Crippen LogP contribution in [0.4, 0.5) is 19.0 Å². The Morgan fingerprint density at radius 2 is 1.82 bits per heavy atom. The lowest BCUT2D eigenvalue weighted by atomic mass is 10.1. The van der Waals surface area contributed by atoms with Crippen LogP contribution >= 0.6 is 24.0 Å². The minimum absolute atomic E-state index is 0. The second kappa shape index (κ2) is 12.9. The second-order valence-electron chi connectivity index (χ2n) is 7.86. The van der Waals surface area contributed by atoms with E-state index in [0.717, 1.165) is 30.0 Å². The van der Waals surface area contributed by atoms with Crippen molar-refractivity contribution in [3.63, 3.8) is 0 Å². The van der Waals surface area contributed by atoms with E-state index in [0.29, 0.717) is 18.1 Å². The maximum absolute atomic E-state index is 12.6. The highest BCUT2D eigenvalue weighted by atomic mass is 127. The summed E-state index contributed by atoms with van der Waals surface area (Å²) in [6, 6.07) is 9.24. The molecule has 1 aliphatic rings. The molecule has 6 nitrogen and oxygen atoms in total. The lowest BCUT2D eigenvalue weighted by molar-refractivity contribution is -0.153. The van der Waals surface area contributed by atoms with E-state index >= 15 is 0 Å².